The van der Waals surface area contributed by atoms with Crippen LogP contribution in [0.1, 0.15) is 17.2 Å². The van der Waals surface area contributed by atoms with Crippen LogP contribution in [-0.2, 0) is 17.5 Å². The highest BCUT2D eigenvalue weighted by molar-refractivity contribution is 7.99. The van der Waals surface area contributed by atoms with Gasteiger partial charge in [-0.15, -0.1) is 16.9 Å². The molecule has 1 atom stereocenters. The lowest BCUT2D eigenvalue weighted by atomic mass is 10.1. The van der Waals surface area contributed by atoms with E-state index < -0.39 is 34.1 Å². The Kier molecular flexibility index (Phi) is 7.10. The molecule has 0 amide bonds. The molecule has 0 fully saturated rings. The summed E-state index contributed by atoms with van der Waals surface area (Å²) in [6, 6.07) is 9.67. The quantitative estimate of drug-likeness (QED) is 0.346. The maximum absolute atomic E-state index is 13.6. The molecule has 0 bridgehead atoms. The smallest absolute Gasteiger partial charge is 0.375 e. The van der Waals surface area contributed by atoms with E-state index in [1.807, 2.05) is 35.3 Å². The summed E-state index contributed by atoms with van der Waals surface area (Å²) < 4.78 is 48.1. The lowest BCUT2D eigenvalue weighted by Gasteiger charge is -2.19. The number of nitrogens with zero attached hydrogens (tertiary/aromatic N) is 3. The molecule has 2 N–H and O–H groups in total. The van der Waals surface area contributed by atoms with Gasteiger partial charge in [0.2, 0.25) is 0 Å². The van der Waals surface area contributed by atoms with Crippen molar-refractivity contribution in [2.24, 2.45) is 0 Å². The van der Waals surface area contributed by atoms with Crippen molar-refractivity contribution in [2.45, 2.75) is 23.7 Å². The van der Waals surface area contributed by atoms with Crippen molar-refractivity contribution >= 4 is 34.3 Å². The van der Waals surface area contributed by atoms with Crippen molar-refractivity contribution in [3.8, 4) is 0 Å². The molecule has 2 heterocycles. The summed E-state index contributed by atoms with van der Waals surface area (Å²) in [5.41, 5.74) is -2.08. The number of alkyl halides is 3. The SMILES string of the molecule is O=c1[nH]c(=O)c2cc(C(F)(F)F)c(Cl)c(SCC(COCc3ccccc3)n3ccnn3)c2[nH]1. The monoisotopic (exact) mass is 511 g/mol. The molecule has 34 heavy (non-hydrogen) atoms. The first-order chi connectivity index (χ1) is 16.2. The highest BCUT2D eigenvalue weighted by Gasteiger charge is 2.36. The van der Waals surface area contributed by atoms with Crippen LogP contribution >= 0.6 is 23.4 Å². The number of aromatic amines is 2. The van der Waals surface area contributed by atoms with Gasteiger partial charge in [0.15, 0.2) is 0 Å². The van der Waals surface area contributed by atoms with Crippen LogP contribution in [0.5, 0.6) is 0 Å². The molecular weight excluding hydrogens is 495 g/mol. The fourth-order valence-corrected chi connectivity index (χ4v) is 4.84. The van der Waals surface area contributed by atoms with Crippen molar-refractivity contribution in [3.05, 3.63) is 85.8 Å². The number of halogens is 4. The summed E-state index contributed by atoms with van der Waals surface area (Å²) in [5.74, 6) is 0.170. The molecular formula is C21H17ClF3N5O3S. The number of hydrogen-bond acceptors (Lipinski definition) is 6. The predicted octanol–water partition coefficient (Wildman–Crippen LogP) is 4.03. The minimum absolute atomic E-state index is 0.0668. The number of hydrogen-bond donors (Lipinski definition) is 2. The second-order valence-corrected chi connectivity index (χ2v) is 8.65. The molecule has 1 unspecified atom stereocenters. The number of rotatable bonds is 8. The summed E-state index contributed by atoms with van der Waals surface area (Å²) >= 11 is 7.08. The Morgan fingerprint density at radius 2 is 1.94 bits per heavy atom. The van der Waals surface area contributed by atoms with Crippen molar-refractivity contribution in [1.82, 2.24) is 25.0 Å². The maximum Gasteiger partial charge on any atom is 0.417 e. The van der Waals surface area contributed by atoms with E-state index in [4.69, 9.17) is 16.3 Å². The van der Waals surface area contributed by atoms with E-state index in [2.05, 4.69) is 15.3 Å². The van der Waals surface area contributed by atoms with Crippen LogP contribution in [0, 0.1) is 0 Å². The van der Waals surface area contributed by atoms with Gasteiger partial charge in [0.25, 0.3) is 5.56 Å². The molecule has 0 spiro atoms. The van der Waals surface area contributed by atoms with Gasteiger partial charge in [-0.1, -0.05) is 47.1 Å². The van der Waals surface area contributed by atoms with E-state index in [-0.39, 0.29) is 28.2 Å². The lowest BCUT2D eigenvalue weighted by Crippen LogP contribution is -2.23. The van der Waals surface area contributed by atoms with Crippen LogP contribution in [-0.4, -0.2) is 37.3 Å². The number of nitrogens with one attached hydrogen (secondary N) is 2. The molecule has 0 aliphatic heterocycles. The standard InChI is InChI=1S/C21H17ClF3N5O3S/c22-16-15(21(23,24)25)8-14-17(27-20(32)28-19(14)31)18(16)34-11-13(30-7-6-26-29-30)10-33-9-12-4-2-1-3-5-12/h1-8,13H,9-11H2,(H2,27,28,31,32). The Morgan fingerprint density at radius 1 is 1.18 bits per heavy atom. The fraction of sp³-hybridized carbons (Fsp3) is 0.238. The number of fused-ring (bicyclic) bond motifs is 1. The predicted molar refractivity (Wildman–Crippen MR) is 121 cm³/mol. The van der Waals surface area contributed by atoms with E-state index in [1.54, 1.807) is 6.20 Å². The molecule has 2 aromatic carbocycles. The zero-order valence-corrected chi connectivity index (χ0v) is 18.9. The molecule has 0 aliphatic rings. The topological polar surface area (TPSA) is 106 Å². The third-order valence-electron chi connectivity index (χ3n) is 4.89. The normalized spacial score (nSPS) is 12.8. The fourth-order valence-electron chi connectivity index (χ4n) is 3.27. The molecule has 8 nitrogen and oxygen atoms in total. The molecule has 4 rings (SSSR count). The molecule has 4 aromatic rings. The van der Waals surface area contributed by atoms with Crippen LogP contribution < -0.4 is 11.2 Å². The minimum atomic E-state index is -4.80. The maximum atomic E-state index is 13.6. The highest BCUT2D eigenvalue weighted by Crippen LogP contribution is 2.43. The summed E-state index contributed by atoms with van der Waals surface area (Å²) in [7, 11) is 0. The number of ether oxygens (including phenoxy) is 1. The summed E-state index contributed by atoms with van der Waals surface area (Å²) in [5, 5.41) is 6.83. The molecule has 13 heteroatoms. The summed E-state index contributed by atoms with van der Waals surface area (Å²) in [6.45, 7) is 0.503. The van der Waals surface area contributed by atoms with E-state index in [0.29, 0.717) is 12.7 Å². The molecule has 2 aromatic heterocycles. The van der Waals surface area contributed by atoms with Gasteiger partial charge in [-0.2, -0.15) is 13.2 Å². The average molecular weight is 512 g/mol. The van der Waals surface area contributed by atoms with Crippen molar-refractivity contribution in [1.29, 1.82) is 0 Å². The zero-order valence-electron chi connectivity index (χ0n) is 17.3. The van der Waals surface area contributed by atoms with Gasteiger partial charge in [0, 0.05) is 11.9 Å². The van der Waals surface area contributed by atoms with E-state index in [0.717, 1.165) is 17.3 Å². The Hall–Kier alpha value is -3.09. The van der Waals surface area contributed by atoms with Crippen LogP contribution in [0.3, 0.4) is 0 Å². The zero-order chi connectivity index (χ0) is 24.3. The van der Waals surface area contributed by atoms with E-state index in [1.165, 1.54) is 10.9 Å². The molecule has 0 saturated carbocycles. The third kappa shape index (κ3) is 5.34. The molecule has 0 aliphatic carbocycles. The number of benzene rings is 2. The van der Waals surface area contributed by atoms with Crippen LogP contribution in [0.2, 0.25) is 5.02 Å². The second kappa shape index (κ2) is 10.0. The minimum Gasteiger partial charge on any atom is -0.375 e. The van der Waals surface area contributed by atoms with Crippen molar-refractivity contribution in [2.75, 3.05) is 12.4 Å². The number of thioether (sulfide) groups is 1. The Bertz CT molecular complexity index is 1390. The molecule has 0 saturated heterocycles. The van der Waals surface area contributed by atoms with Gasteiger partial charge in [0.1, 0.15) is 0 Å². The third-order valence-corrected chi connectivity index (χ3v) is 6.65. The van der Waals surface area contributed by atoms with E-state index >= 15 is 0 Å². The van der Waals surface area contributed by atoms with Gasteiger partial charge in [0.05, 0.1) is 51.8 Å². The first-order valence-corrected chi connectivity index (χ1v) is 11.3. The van der Waals surface area contributed by atoms with Gasteiger partial charge in [-0.3, -0.25) is 9.78 Å². The average Bonchev–Trinajstić information content (AvgIpc) is 3.31. The van der Waals surface area contributed by atoms with E-state index in [9.17, 15) is 22.8 Å². The highest BCUT2D eigenvalue weighted by atomic mass is 35.5. The van der Waals surface area contributed by atoms with Crippen LogP contribution in [0.4, 0.5) is 13.2 Å². The van der Waals surface area contributed by atoms with Crippen LogP contribution in [0.25, 0.3) is 10.9 Å². The first-order valence-electron chi connectivity index (χ1n) is 9.90. The van der Waals surface area contributed by atoms with Crippen LogP contribution in [0.15, 0.2) is 63.3 Å². The van der Waals surface area contributed by atoms with Crippen molar-refractivity contribution < 1.29 is 17.9 Å². The Morgan fingerprint density at radius 3 is 2.62 bits per heavy atom. The van der Waals surface area contributed by atoms with Gasteiger partial charge >= 0.3 is 11.9 Å². The Balaban J connectivity index is 1.64. The molecule has 178 valence electrons. The summed E-state index contributed by atoms with van der Waals surface area (Å²) in [6.07, 6.45) is -1.72. The van der Waals surface area contributed by atoms with Gasteiger partial charge < -0.3 is 9.72 Å². The van der Waals surface area contributed by atoms with Crippen molar-refractivity contribution in [3.63, 3.8) is 0 Å². The first kappa shape index (κ1) is 24.0. The lowest BCUT2D eigenvalue weighted by molar-refractivity contribution is -0.137. The van der Waals surface area contributed by atoms with Gasteiger partial charge in [-0.05, 0) is 11.6 Å². The largest absolute Gasteiger partial charge is 0.417 e. The second-order valence-electron chi connectivity index (χ2n) is 7.24. The molecule has 0 radical (unpaired) electrons. The number of aromatic nitrogens is 5. The summed E-state index contributed by atoms with van der Waals surface area (Å²) in [4.78, 5) is 28.3. The van der Waals surface area contributed by atoms with Gasteiger partial charge in [-0.25, -0.2) is 9.48 Å². The number of H-pyrrole nitrogens is 2. The Labute approximate surface area is 199 Å².